The molecule has 6 heteroatoms. The molecule has 1 fully saturated rings. The molecule has 0 radical (unpaired) electrons. The number of aryl methyl sites for hydroxylation is 1. The highest BCUT2D eigenvalue weighted by Gasteiger charge is 2.24. The largest absolute Gasteiger partial charge is 0.353 e. The first kappa shape index (κ1) is 18.2. The molecule has 1 aromatic heterocycles. The summed E-state index contributed by atoms with van der Waals surface area (Å²) in [5.74, 6) is 1.70. The number of carbonyl (C=O) groups excluding carboxylic acids is 1. The Morgan fingerprint density at radius 3 is 2.31 bits per heavy atom. The highest BCUT2D eigenvalue weighted by molar-refractivity contribution is 5.74. The zero-order chi connectivity index (χ0) is 18.5. The van der Waals surface area contributed by atoms with Crippen molar-refractivity contribution in [2.24, 2.45) is 0 Å². The zero-order valence-electron chi connectivity index (χ0n) is 15.9. The summed E-state index contributed by atoms with van der Waals surface area (Å²) < 4.78 is 0. The van der Waals surface area contributed by atoms with Crippen LogP contribution in [-0.2, 0) is 0 Å². The SMILES string of the molecule is CCN(CC)C(=O)N1CCN(c2cc(-c3ccccc3)nc(C)n2)CC1. The molecule has 138 valence electrons. The Morgan fingerprint density at radius 1 is 1.04 bits per heavy atom. The first-order valence-corrected chi connectivity index (χ1v) is 9.32. The zero-order valence-corrected chi connectivity index (χ0v) is 15.9. The average Bonchev–Trinajstić information content (AvgIpc) is 2.69. The lowest BCUT2D eigenvalue weighted by Gasteiger charge is -2.37. The molecule has 3 rings (SSSR count). The van der Waals surface area contributed by atoms with Crippen LogP contribution < -0.4 is 4.90 Å². The van der Waals surface area contributed by atoms with Crippen molar-refractivity contribution in [2.45, 2.75) is 20.8 Å². The normalized spacial score (nSPS) is 14.4. The average molecular weight is 353 g/mol. The lowest BCUT2D eigenvalue weighted by molar-refractivity contribution is 0.154. The molecular weight excluding hydrogens is 326 g/mol. The number of amides is 2. The topological polar surface area (TPSA) is 52.6 Å². The molecule has 2 amide bonds. The van der Waals surface area contributed by atoms with Crippen molar-refractivity contribution in [3.05, 3.63) is 42.2 Å². The van der Waals surface area contributed by atoms with Crippen molar-refractivity contribution in [3.63, 3.8) is 0 Å². The standard InChI is InChI=1S/C20H27N5O/c1-4-23(5-2)20(26)25-13-11-24(12-14-25)19-15-18(21-16(3)22-19)17-9-7-6-8-10-17/h6-10,15H,4-5,11-14H2,1-3H3. The van der Waals surface area contributed by atoms with Crippen LogP contribution in [0.1, 0.15) is 19.7 Å². The van der Waals surface area contributed by atoms with Crippen LogP contribution in [0.25, 0.3) is 11.3 Å². The molecule has 26 heavy (non-hydrogen) atoms. The van der Waals surface area contributed by atoms with E-state index < -0.39 is 0 Å². The Balaban J connectivity index is 1.72. The quantitative estimate of drug-likeness (QED) is 0.848. The fourth-order valence-electron chi connectivity index (χ4n) is 3.29. The number of rotatable bonds is 4. The second kappa shape index (κ2) is 8.17. The summed E-state index contributed by atoms with van der Waals surface area (Å²) >= 11 is 0. The van der Waals surface area contributed by atoms with Crippen LogP contribution in [0.15, 0.2) is 36.4 Å². The fraction of sp³-hybridized carbons (Fsp3) is 0.450. The van der Waals surface area contributed by atoms with Gasteiger partial charge in [0.2, 0.25) is 0 Å². The molecule has 0 aliphatic carbocycles. The van der Waals surface area contributed by atoms with Gasteiger partial charge in [-0.15, -0.1) is 0 Å². The van der Waals surface area contributed by atoms with Gasteiger partial charge in [-0.05, 0) is 20.8 Å². The molecule has 2 aromatic rings. The van der Waals surface area contributed by atoms with Gasteiger partial charge < -0.3 is 14.7 Å². The molecule has 0 unspecified atom stereocenters. The van der Waals surface area contributed by atoms with Crippen molar-refractivity contribution in [1.82, 2.24) is 19.8 Å². The van der Waals surface area contributed by atoms with E-state index in [1.54, 1.807) is 0 Å². The third kappa shape index (κ3) is 3.95. The van der Waals surface area contributed by atoms with Gasteiger partial charge in [0.25, 0.3) is 0 Å². The Bertz CT molecular complexity index is 737. The molecular formula is C20H27N5O. The highest BCUT2D eigenvalue weighted by Crippen LogP contribution is 2.22. The van der Waals surface area contributed by atoms with E-state index in [1.165, 1.54) is 0 Å². The second-order valence-corrected chi connectivity index (χ2v) is 6.45. The first-order chi connectivity index (χ1) is 12.6. The van der Waals surface area contributed by atoms with Gasteiger partial charge in [0.15, 0.2) is 0 Å². The number of urea groups is 1. The summed E-state index contributed by atoms with van der Waals surface area (Å²) in [5, 5.41) is 0. The number of piperazine rings is 1. The second-order valence-electron chi connectivity index (χ2n) is 6.45. The molecule has 6 nitrogen and oxygen atoms in total. The van der Waals surface area contributed by atoms with Gasteiger partial charge in [0.1, 0.15) is 11.6 Å². The molecule has 0 spiro atoms. The fourth-order valence-corrected chi connectivity index (χ4v) is 3.29. The minimum atomic E-state index is 0.137. The lowest BCUT2D eigenvalue weighted by Crippen LogP contribution is -2.53. The molecule has 0 N–H and O–H groups in total. The monoisotopic (exact) mass is 353 g/mol. The van der Waals surface area contributed by atoms with Gasteiger partial charge in [0, 0.05) is 50.9 Å². The first-order valence-electron chi connectivity index (χ1n) is 9.32. The molecule has 0 atom stereocenters. The Labute approximate surface area is 155 Å². The van der Waals surface area contributed by atoms with Gasteiger partial charge in [-0.1, -0.05) is 30.3 Å². The number of hydrogen-bond donors (Lipinski definition) is 0. The maximum Gasteiger partial charge on any atom is 0.320 e. The van der Waals surface area contributed by atoms with Gasteiger partial charge >= 0.3 is 6.03 Å². The van der Waals surface area contributed by atoms with E-state index in [0.29, 0.717) is 0 Å². The molecule has 2 heterocycles. The smallest absolute Gasteiger partial charge is 0.320 e. The number of aromatic nitrogens is 2. The van der Waals surface area contributed by atoms with E-state index in [1.807, 2.05) is 54.8 Å². The van der Waals surface area contributed by atoms with Crippen LogP contribution in [0.3, 0.4) is 0 Å². The molecule has 1 saturated heterocycles. The van der Waals surface area contributed by atoms with E-state index in [2.05, 4.69) is 27.0 Å². The van der Waals surface area contributed by atoms with Crippen LogP contribution in [0.2, 0.25) is 0 Å². The van der Waals surface area contributed by atoms with Gasteiger partial charge in [-0.2, -0.15) is 0 Å². The number of anilines is 1. The number of carbonyl (C=O) groups is 1. The highest BCUT2D eigenvalue weighted by atomic mass is 16.2. The molecule has 0 bridgehead atoms. The summed E-state index contributed by atoms with van der Waals surface area (Å²) in [6, 6.07) is 12.3. The van der Waals surface area contributed by atoms with Crippen LogP contribution in [-0.4, -0.2) is 65.1 Å². The van der Waals surface area contributed by atoms with E-state index in [4.69, 9.17) is 0 Å². The summed E-state index contributed by atoms with van der Waals surface area (Å²) in [4.78, 5) is 27.8. The molecule has 1 aliphatic heterocycles. The summed E-state index contributed by atoms with van der Waals surface area (Å²) in [5.41, 5.74) is 2.03. The summed E-state index contributed by atoms with van der Waals surface area (Å²) in [6.07, 6.45) is 0. The maximum absolute atomic E-state index is 12.5. The maximum atomic E-state index is 12.5. The summed E-state index contributed by atoms with van der Waals surface area (Å²) in [7, 11) is 0. The van der Waals surface area contributed by atoms with Crippen LogP contribution in [0.4, 0.5) is 10.6 Å². The van der Waals surface area contributed by atoms with Gasteiger partial charge in [-0.25, -0.2) is 14.8 Å². The number of nitrogens with zero attached hydrogens (tertiary/aromatic N) is 5. The third-order valence-electron chi connectivity index (χ3n) is 4.80. The Hall–Kier alpha value is -2.63. The predicted octanol–water partition coefficient (Wildman–Crippen LogP) is 3.04. The molecule has 1 aromatic carbocycles. The van der Waals surface area contributed by atoms with Crippen molar-refractivity contribution < 1.29 is 4.79 Å². The van der Waals surface area contributed by atoms with E-state index in [0.717, 1.165) is 62.2 Å². The number of benzene rings is 1. The predicted molar refractivity (Wildman–Crippen MR) is 104 cm³/mol. The van der Waals surface area contributed by atoms with E-state index in [9.17, 15) is 4.79 Å². The Morgan fingerprint density at radius 2 is 1.69 bits per heavy atom. The number of hydrogen-bond acceptors (Lipinski definition) is 4. The van der Waals surface area contributed by atoms with Crippen LogP contribution in [0, 0.1) is 6.92 Å². The van der Waals surface area contributed by atoms with E-state index in [-0.39, 0.29) is 6.03 Å². The van der Waals surface area contributed by atoms with Gasteiger partial charge in [0.05, 0.1) is 5.69 Å². The van der Waals surface area contributed by atoms with Crippen LogP contribution >= 0.6 is 0 Å². The minimum absolute atomic E-state index is 0.137. The van der Waals surface area contributed by atoms with Gasteiger partial charge in [-0.3, -0.25) is 0 Å². The van der Waals surface area contributed by atoms with Crippen molar-refractivity contribution in [1.29, 1.82) is 0 Å². The lowest BCUT2D eigenvalue weighted by atomic mass is 10.1. The Kier molecular flexibility index (Phi) is 5.71. The van der Waals surface area contributed by atoms with E-state index >= 15 is 0 Å². The van der Waals surface area contributed by atoms with Crippen molar-refractivity contribution in [2.75, 3.05) is 44.2 Å². The van der Waals surface area contributed by atoms with Crippen molar-refractivity contribution >= 4 is 11.8 Å². The van der Waals surface area contributed by atoms with Crippen molar-refractivity contribution in [3.8, 4) is 11.3 Å². The summed E-state index contributed by atoms with van der Waals surface area (Å²) in [6.45, 7) is 10.5. The van der Waals surface area contributed by atoms with Crippen LogP contribution in [0.5, 0.6) is 0 Å². The third-order valence-corrected chi connectivity index (χ3v) is 4.80. The minimum Gasteiger partial charge on any atom is -0.353 e. The molecule has 0 saturated carbocycles. The molecule has 1 aliphatic rings.